The molecule has 0 unspecified atom stereocenters. The average Bonchev–Trinajstić information content (AvgIpc) is 2.82. The summed E-state index contributed by atoms with van der Waals surface area (Å²) >= 11 is 0. The average molecular weight is 405 g/mol. The maximum Gasteiger partial charge on any atom is 0.256 e. The Morgan fingerprint density at radius 2 is 1.77 bits per heavy atom. The van der Waals surface area contributed by atoms with Crippen LogP contribution in [-0.4, -0.2) is 53.2 Å². The Morgan fingerprint density at radius 1 is 1.03 bits per heavy atom. The number of rotatable bonds is 2. The highest BCUT2D eigenvalue weighted by molar-refractivity contribution is 6.10. The van der Waals surface area contributed by atoms with E-state index in [-0.39, 0.29) is 29.7 Å². The van der Waals surface area contributed by atoms with Crippen LogP contribution >= 0.6 is 0 Å². The van der Waals surface area contributed by atoms with Gasteiger partial charge in [-0.05, 0) is 28.7 Å². The molecule has 2 aromatic carbocycles. The van der Waals surface area contributed by atoms with Crippen LogP contribution in [0.2, 0.25) is 0 Å². The maximum atomic E-state index is 13.3. The van der Waals surface area contributed by atoms with Gasteiger partial charge in [-0.25, -0.2) is 0 Å². The van der Waals surface area contributed by atoms with Gasteiger partial charge in [-0.2, -0.15) is 0 Å². The summed E-state index contributed by atoms with van der Waals surface area (Å²) in [5, 5.41) is 2.90. The van der Waals surface area contributed by atoms with Crippen molar-refractivity contribution in [3.63, 3.8) is 0 Å². The van der Waals surface area contributed by atoms with E-state index < -0.39 is 6.04 Å². The summed E-state index contributed by atoms with van der Waals surface area (Å²) in [6.45, 7) is 7.07. The van der Waals surface area contributed by atoms with Gasteiger partial charge in [-0.15, -0.1) is 0 Å². The van der Waals surface area contributed by atoms with E-state index in [1.165, 1.54) is 0 Å². The van der Waals surface area contributed by atoms with Crippen molar-refractivity contribution < 1.29 is 14.4 Å². The summed E-state index contributed by atoms with van der Waals surface area (Å²) in [5.74, 6) is -0.396. The van der Waals surface area contributed by atoms with Gasteiger partial charge in [-0.3, -0.25) is 14.4 Å². The highest BCUT2D eigenvalue weighted by atomic mass is 16.2. The zero-order valence-corrected chi connectivity index (χ0v) is 17.6. The number of piperazine rings is 1. The summed E-state index contributed by atoms with van der Waals surface area (Å²) in [6, 6.07) is 14.7. The van der Waals surface area contributed by atoms with E-state index in [2.05, 4.69) is 5.32 Å². The fourth-order valence-corrected chi connectivity index (χ4v) is 4.05. The fourth-order valence-electron chi connectivity index (χ4n) is 4.05. The lowest BCUT2D eigenvalue weighted by Crippen LogP contribution is -2.59. The number of carbonyl (C=O) groups is 3. The summed E-state index contributed by atoms with van der Waals surface area (Å²) in [7, 11) is 0. The molecule has 6 nitrogen and oxygen atoms in total. The van der Waals surface area contributed by atoms with Crippen LogP contribution in [0.25, 0.3) is 11.1 Å². The van der Waals surface area contributed by atoms with Crippen molar-refractivity contribution in [3.8, 4) is 11.1 Å². The first-order chi connectivity index (χ1) is 14.2. The van der Waals surface area contributed by atoms with Crippen LogP contribution in [-0.2, 0) is 9.59 Å². The molecule has 1 N–H and O–H groups in total. The Bertz CT molecular complexity index is 995. The number of benzene rings is 2. The minimum Gasteiger partial charge on any atom is -0.338 e. The lowest BCUT2D eigenvalue weighted by molar-refractivity contribution is -0.137. The van der Waals surface area contributed by atoms with Crippen LogP contribution < -0.4 is 5.32 Å². The molecule has 0 spiro atoms. The van der Waals surface area contributed by atoms with Gasteiger partial charge in [0.15, 0.2) is 0 Å². The zero-order valence-electron chi connectivity index (χ0n) is 17.6. The van der Waals surface area contributed by atoms with Crippen molar-refractivity contribution in [2.45, 2.75) is 33.2 Å². The van der Waals surface area contributed by atoms with E-state index in [9.17, 15) is 14.4 Å². The van der Waals surface area contributed by atoms with Crippen LogP contribution in [0.15, 0.2) is 48.5 Å². The first-order valence-electron chi connectivity index (χ1n) is 10.3. The Morgan fingerprint density at radius 3 is 2.47 bits per heavy atom. The van der Waals surface area contributed by atoms with Crippen molar-refractivity contribution in [1.82, 2.24) is 9.80 Å². The van der Waals surface area contributed by atoms with Gasteiger partial charge >= 0.3 is 0 Å². The minimum absolute atomic E-state index is 0.0236. The van der Waals surface area contributed by atoms with Gasteiger partial charge in [0, 0.05) is 19.5 Å². The van der Waals surface area contributed by atoms with E-state index in [1.54, 1.807) is 15.9 Å². The molecule has 4 rings (SSSR count). The maximum absolute atomic E-state index is 13.3. The van der Waals surface area contributed by atoms with Gasteiger partial charge in [0.1, 0.15) is 6.04 Å². The molecule has 0 aromatic heterocycles. The van der Waals surface area contributed by atoms with Crippen LogP contribution in [0.3, 0.4) is 0 Å². The molecule has 2 heterocycles. The predicted octanol–water partition coefficient (Wildman–Crippen LogP) is 3.39. The number of anilines is 1. The molecule has 2 aliphatic heterocycles. The van der Waals surface area contributed by atoms with Crippen molar-refractivity contribution >= 4 is 23.4 Å². The summed E-state index contributed by atoms with van der Waals surface area (Å²) < 4.78 is 0. The lowest BCUT2D eigenvalue weighted by Gasteiger charge is -2.40. The van der Waals surface area contributed by atoms with Crippen molar-refractivity contribution in [2.24, 2.45) is 5.41 Å². The Hall–Kier alpha value is -3.15. The molecule has 156 valence electrons. The smallest absolute Gasteiger partial charge is 0.256 e. The Balaban J connectivity index is 1.60. The van der Waals surface area contributed by atoms with Gasteiger partial charge in [0.2, 0.25) is 11.8 Å². The van der Waals surface area contributed by atoms with Crippen molar-refractivity contribution in [1.29, 1.82) is 0 Å². The normalized spacial score (nSPS) is 19.0. The molecule has 0 bridgehead atoms. The summed E-state index contributed by atoms with van der Waals surface area (Å²) in [5.41, 5.74) is 2.82. The van der Waals surface area contributed by atoms with E-state index in [4.69, 9.17) is 0 Å². The van der Waals surface area contributed by atoms with Crippen molar-refractivity contribution in [2.75, 3.05) is 25.0 Å². The second-order valence-corrected chi connectivity index (χ2v) is 9.21. The molecule has 2 aromatic rings. The molecular weight excluding hydrogens is 378 g/mol. The first kappa shape index (κ1) is 20.1. The molecular formula is C24H27N3O3. The molecule has 6 heteroatoms. The largest absolute Gasteiger partial charge is 0.338 e. The highest BCUT2D eigenvalue weighted by Crippen LogP contribution is 2.30. The van der Waals surface area contributed by atoms with Crippen LogP contribution in [0.5, 0.6) is 0 Å². The quantitative estimate of drug-likeness (QED) is 0.833. The van der Waals surface area contributed by atoms with Crippen LogP contribution in [0.4, 0.5) is 5.69 Å². The number of hydrogen-bond acceptors (Lipinski definition) is 3. The molecule has 1 fully saturated rings. The van der Waals surface area contributed by atoms with Gasteiger partial charge < -0.3 is 15.1 Å². The summed E-state index contributed by atoms with van der Waals surface area (Å²) in [4.78, 5) is 42.3. The third kappa shape index (κ3) is 3.95. The third-order valence-corrected chi connectivity index (χ3v) is 5.59. The van der Waals surface area contributed by atoms with Crippen LogP contribution in [0, 0.1) is 5.41 Å². The molecule has 3 amide bonds. The molecule has 0 saturated carbocycles. The number of nitrogens with one attached hydrogen (secondary N) is 1. The van der Waals surface area contributed by atoms with Crippen LogP contribution in [0.1, 0.15) is 37.6 Å². The minimum atomic E-state index is -0.678. The third-order valence-electron chi connectivity index (χ3n) is 5.59. The molecule has 1 atom stereocenters. The van der Waals surface area contributed by atoms with E-state index >= 15 is 0 Å². The predicted molar refractivity (Wildman–Crippen MR) is 116 cm³/mol. The fraction of sp³-hybridized carbons (Fsp3) is 0.375. The number of hydrogen-bond donors (Lipinski definition) is 1. The molecule has 1 saturated heterocycles. The lowest BCUT2D eigenvalue weighted by atomic mass is 9.91. The van der Waals surface area contributed by atoms with E-state index in [0.29, 0.717) is 30.8 Å². The second kappa shape index (κ2) is 7.59. The monoisotopic (exact) mass is 405 g/mol. The molecule has 0 radical (unpaired) electrons. The second-order valence-electron chi connectivity index (χ2n) is 9.21. The SMILES string of the molecule is CC(C)(C)CC(=O)N1CCN2C(=O)c3cc(-c4ccccc4)ccc3NC(=O)[C@H]2C1. The standard InChI is InChI=1S/C24H27N3O3/c1-24(2,3)14-21(28)26-11-12-27-20(15-26)22(29)25-19-10-9-17(13-18(19)23(27)30)16-7-5-4-6-8-16/h4-10,13,20H,11-12,14-15H2,1-3H3,(H,25,29)/t20-/m1/s1. The van der Waals surface area contributed by atoms with Gasteiger partial charge in [-0.1, -0.05) is 57.2 Å². The van der Waals surface area contributed by atoms with E-state index in [1.807, 2.05) is 63.2 Å². The highest BCUT2D eigenvalue weighted by Gasteiger charge is 2.40. The van der Waals surface area contributed by atoms with Gasteiger partial charge in [0.25, 0.3) is 5.91 Å². The first-order valence-corrected chi connectivity index (χ1v) is 10.3. The number of nitrogens with zero attached hydrogens (tertiary/aromatic N) is 2. The molecule has 30 heavy (non-hydrogen) atoms. The van der Waals surface area contributed by atoms with E-state index in [0.717, 1.165) is 11.1 Å². The Labute approximate surface area is 176 Å². The number of carbonyl (C=O) groups excluding carboxylic acids is 3. The molecule has 2 aliphatic rings. The summed E-state index contributed by atoms with van der Waals surface area (Å²) in [6.07, 6.45) is 0.413. The number of fused-ring (bicyclic) bond motifs is 2. The molecule has 0 aliphatic carbocycles. The van der Waals surface area contributed by atoms with Gasteiger partial charge in [0.05, 0.1) is 17.8 Å². The zero-order chi connectivity index (χ0) is 21.5. The van der Waals surface area contributed by atoms with Crippen molar-refractivity contribution in [3.05, 3.63) is 54.1 Å². The Kier molecular flexibility index (Phi) is 5.10. The topological polar surface area (TPSA) is 69.7 Å². The number of amides is 3.